The molecule has 0 spiro atoms. The minimum Gasteiger partial charge on any atom is -0.425 e. The molecule has 0 saturated carbocycles. The number of nitrogens with zero attached hydrogens (tertiary/aromatic N) is 1. The Morgan fingerprint density at radius 2 is 1.74 bits per heavy atom. The van der Waals surface area contributed by atoms with Crippen molar-refractivity contribution >= 4 is 32.4 Å². The number of ether oxygens (including phenoxy) is 1. The first kappa shape index (κ1) is 17.4. The Morgan fingerprint density at radius 1 is 1.13 bits per heavy atom. The Bertz CT molecular complexity index is 828. The van der Waals surface area contributed by atoms with E-state index in [1.165, 1.54) is 0 Å². The van der Waals surface area contributed by atoms with Crippen molar-refractivity contribution in [2.75, 3.05) is 6.54 Å². The second-order valence-electron chi connectivity index (χ2n) is 5.02. The highest BCUT2D eigenvalue weighted by Gasteiger charge is 2.37. The Morgan fingerprint density at radius 3 is 2.35 bits per heavy atom. The van der Waals surface area contributed by atoms with E-state index in [0.717, 1.165) is 0 Å². The number of benzene rings is 2. The minimum absolute atomic E-state index is 0.226. The molecular formula is C16H14BrNO4S. The minimum atomic E-state index is -2.60. The first-order chi connectivity index (χ1) is 10.9. The summed E-state index contributed by atoms with van der Waals surface area (Å²) < 4.78 is 31.1. The van der Waals surface area contributed by atoms with Crippen LogP contribution in [0, 0.1) is 0 Å². The van der Waals surface area contributed by atoms with E-state index in [4.69, 9.17) is 4.74 Å². The van der Waals surface area contributed by atoms with Crippen molar-refractivity contribution < 1.29 is 17.9 Å². The summed E-state index contributed by atoms with van der Waals surface area (Å²) in [7, 11) is -2.60. The predicted octanol–water partition coefficient (Wildman–Crippen LogP) is 3.38. The van der Waals surface area contributed by atoms with E-state index < -0.39 is 21.9 Å². The summed E-state index contributed by atoms with van der Waals surface area (Å²) in [5.74, 6) is -0.215. The maximum absolute atomic E-state index is 12.7. The smallest absolute Gasteiger partial charge is 0.323 e. The molecule has 0 saturated heterocycles. The van der Waals surface area contributed by atoms with Gasteiger partial charge in [-0.15, -0.1) is 0 Å². The molecule has 0 fully saturated rings. The molecule has 0 aliphatic carbocycles. The molecular weight excluding hydrogens is 382 g/mol. The molecule has 0 aliphatic rings. The van der Waals surface area contributed by atoms with Gasteiger partial charge in [-0.25, -0.2) is 0 Å². The van der Waals surface area contributed by atoms with Gasteiger partial charge in [0.2, 0.25) is 0 Å². The van der Waals surface area contributed by atoms with E-state index in [9.17, 15) is 13.2 Å². The summed E-state index contributed by atoms with van der Waals surface area (Å²) in [6.07, 6.45) is 0. The second-order valence-corrected chi connectivity index (χ2v) is 6.57. The van der Waals surface area contributed by atoms with Gasteiger partial charge in [-0.05, 0) is 40.5 Å². The van der Waals surface area contributed by atoms with Crippen LogP contribution < -0.4 is 4.74 Å². The van der Waals surface area contributed by atoms with Gasteiger partial charge in [0.1, 0.15) is 11.2 Å². The van der Waals surface area contributed by atoms with Crippen LogP contribution in [0.15, 0.2) is 63.4 Å². The number of carbonyl (C=O) groups is 1. The number of hydrogen-bond donors (Lipinski definition) is 0. The van der Waals surface area contributed by atoms with Crippen molar-refractivity contribution in [3.63, 3.8) is 0 Å². The number of rotatable bonds is 5. The maximum atomic E-state index is 12.7. The van der Waals surface area contributed by atoms with Crippen molar-refractivity contribution in [3.05, 3.63) is 64.6 Å². The van der Waals surface area contributed by atoms with Gasteiger partial charge in [0, 0.05) is 0 Å². The molecule has 1 atom stereocenters. The van der Waals surface area contributed by atoms with E-state index in [-0.39, 0.29) is 6.54 Å². The van der Waals surface area contributed by atoms with Crippen molar-refractivity contribution in [1.29, 1.82) is 0 Å². The van der Waals surface area contributed by atoms with Crippen LogP contribution in [0.2, 0.25) is 0 Å². The van der Waals surface area contributed by atoms with Crippen molar-refractivity contribution in [1.82, 2.24) is 0 Å². The zero-order chi connectivity index (χ0) is 16.9. The molecule has 0 N–H and O–H groups in total. The predicted molar refractivity (Wildman–Crippen MR) is 89.8 cm³/mol. The lowest BCUT2D eigenvalue weighted by atomic mass is 9.82. The third-order valence-electron chi connectivity index (χ3n) is 3.39. The second kappa shape index (κ2) is 7.52. The third kappa shape index (κ3) is 4.27. The van der Waals surface area contributed by atoms with Crippen LogP contribution >= 0.6 is 15.9 Å². The Balaban J connectivity index is 2.39. The fourth-order valence-electron chi connectivity index (χ4n) is 2.00. The van der Waals surface area contributed by atoms with Gasteiger partial charge in [0.15, 0.2) is 0 Å². The average Bonchev–Trinajstić information content (AvgIpc) is 2.55. The van der Waals surface area contributed by atoms with Crippen LogP contribution in [-0.4, -0.2) is 20.9 Å². The van der Waals surface area contributed by atoms with E-state index in [0.29, 0.717) is 15.8 Å². The van der Waals surface area contributed by atoms with Gasteiger partial charge in [-0.3, -0.25) is 4.79 Å². The number of hydrogen-bond acceptors (Lipinski definition) is 5. The maximum Gasteiger partial charge on any atom is 0.323 e. The summed E-state index contributed by atoms with van der Waals surface area (Å²) in [6, 6.07) is 15.8. The monoisotopic (exact) mass is 395 g/mol. The lowest BCUT2D eigenvalue weighted by Crippen LogP contribution is -2.39. The van der Waals surface area contributed by atoms with Gasteiger partial charge >= 0.3 is 16.5 Å². The van der Waals surface area contributed by atoms with Crippen LogP contribution in [0.3, 0.4) is 0 Å². The van der Waals surface area contributed by atoms with E-state index in [1.54, 1.807) is 55.5 Å². The van der Waals surface area contributed by atoms with Gasteiger partial charge in [0.05, 0.1) is 11.0 Å². The molecule has 7 heteroatoms. The number of halogens is 1. The molecule has 0 heterocycles. The fourth-order valence-corrected chi connectivity index (χ4v) is 2.73. The van der Waals surface area contributed by atoms with E-state index in [1.807, 2.05) is 6.07 Å². The molecule has 2 aromatic rings. The van der Waals surface area contributed by atoms with Crippen LogP contribution in [0.5, 0.6) is 5.75 Å². The van der Waals surface area contributed by atoms with Crippen molar-refractivity contribution in [3.8, 4) is 5.75 Å². The molecule has 120 valence electrons. The lowest BCUT2D eigenvalue weighted by Gasteiger charge is -2.25. The Hall–Kier alpha value is -1.99. The molecule has 0 radical (unpaired) electrons. The van der Waals surface area contributed by atoms with Gasteiger partial charge in [-0.1, -0.05) is 42.5 Å². The average molecular weight is 396 g/mol. The standard InChI is InChI=1S/C16H14BrNO4S/c1-16(11-18-23(20)21,12-7-3-2-4-8-12)15(19)22-14-10-6-5-9-13(14)17/h2-10H,11H2,1H3. The topological polar surface area (TPSA) is 72.8 Å². The van der Waals surface area contributed by atoms with Gasteiger partial charge < -0.3 is 4.74 Å². The van der Waals surface area contributed by atoms with E-state index >= 15 is 0 Å². The molecule has 0 amide bonds. The van der Waals surface area contributed by atoms with Crippen molar-refractivity contribution in [2.45, 2.75) is 12.3 Å². The molecule has 1 unspecified atom stereocenters. The Kier molecular flexibility index (Phi) is 5.68. The largest absolute Gasteiger partial charge is 0.425 e. The summed E-state index contributed by atoms with van der Waals surface area (Å²) in [5, 5.41) is 0. The van der Waals surface area contributed by atoms with Crippen LogP contribution in [0.25, 0.3) is 0 Å². The third-order valence-corrected chi connectivity index (χ3v) is 4.38. The highest BCUT2D eigenvalue weighted by molar-refractivity contribution is 9.10. The summed E-state index contributed by atoms with van der Waals surface area (Å²) in [6.45, 7) is 1.38. The summed E-state index contributed by atoms with van der Waals surface area (Å²) in [5.41, 5.74) is -0.581. The number of para-hydroxylation sites is 1. The summed E-state index contributed by atoms with van der Waals surface area (Å²) in [4.78, 5) is 12.7. The zero-order valence-electron chi connectivity index (χ0n) is 12.3. The van der Waals surface area contributed by atoms with Crippen LogP contribution in [-0.2, 0) is 20.7 Å². The number of esters is 1. The quantitative estimate of drug-likeness (QED) is 0.574. The number of carbonyl (C=O) groups excluding carboxylic acids is 1. The van der Waals surface area contributed by atoms with Crippen LogP contribution in [0.1, 0.15) is 12.5 Å². The fraction of sp³-hybridized carbons (Fsp3) is 0.188. The van der Waals surface area contributed by atoms with E-state index in [2.05, 4.69) is 20.3 Å². The van der Waals surface area contributed by atoms with Gasteiger partial charge in [0.25, 0.3) is 0 Å². The van der Waals surface area contributed by atoms with Crippen LogP contribution in [0.4, 0.5) is 0 Å². The molecule has 0 bridgehead atoms. The highest BCUT2D eigenvalue weighted by Crippen LogP contribution is 2.30. The molecule has 0 aliphatic heterocycles. The van der Waals surface area contributed by atoms with Gasteiger partial charge in [-0.2, -0.15) is 12.8 Å². The Labute approximate surface area is 144 Å². The molecule has 2 aromatic carbocycles. The molecule has 5 nitrogen and oxygen atoms in total. The zero-order valence-corrected chi connectivity index (χ0v) is 14.7. The molecule has 0 aromatic heterocycles. The lowest BCUT2D eigenvalue weighted by molar-refractivity contribution is -0.140. The first-order valence-electron chi connectivity index (χ1n) is 6.73. The SMILES string of the molecule is CC(CN=S(=O)=O)(C(=O)Oc1ccccc1Br)c1ccccc1. The summed E-state index contributed by atoms with van der Waals surface area (Å²) >= 11 is 3.31. The highest BCUT2D eigenvalue weighted by atomic mass is 79.9. The first-order valence-corrected chi connectivity index (χ1v) is 8.55. The molecule has 2 rings (SSSR count). The molecule has 23 heavy (non-hydrogen) atoms. The normalized spacial score (nSPS) is 13.0. The van der Waals surface area contributed by atoms with Crippen molar-refractivity contribution in [2.24, 2.45) is 4.36 Å².